The summed E-state index contributed by atoms with van der Waals surface area (Å²) in [4.78, 5) is 52.1. The molecule has 0 spiro atoms. The highest BCUT2D eigenvalue weighted by Crippen LogP contribution is 2.43. The molecular formula is C47H45N5O7S. The van der Waals surface area contributed by atoms with Crippen molar-refractivity contribution >= 4 is 58.8 Å². The van der Waals surface area contributed by atoms with Crippen LogP contribution in [0.1, 0.15) is 68.1 Å². The van der Waals surface area contributed by atoms with E-state index in [0.717, 1.165) is 59.6 Å². The zero-order valence-corrected chi connectivity index (χ0v) is 34.3. The number of rotatable bonds is 15. The number of para-hydroxylation sites is 2. The van der Waals surface area contributed by atoms with Crippen LogP contribution in [0.2, 0.25) is 0 Å². The maximum atomic E-state index is 14.0. The van der Waals surface area contributed by atoms with Crippen LogP contribution in [-0.4, -0.2) is 67.9 Å². The predicted octanol–water partition coefficient (Wildman–Crippen LogP) is 8.14. The molecule has 12 nitrogen and oxygen atoms in total. The second-order valence-electron chi connectivity index (χ2n) is 15.2. The van der Waals surface area contributed by atoms with Gasteiger partial charge in [-0.05, 0) is 78.1 Å². The Kier molecular flexibility index (Phi) is 11.2. The van der Waals surface area contributed by atoms with Crippen LogP contribution in [0.4, 0.5) is 22.7 Å². The molecule has 4 aromatic carbocycles. The molecule has 2 atom stereocenters. The number of aliphatic imine (C=N–C) groups is 1. The van der Waals surface area contributed by atoms with E-state index in [9.17, 15) is 14.4 Å². The Morgan fingerprint density at radius 2 is 1.42 bits per heavy atom. The average molecular weight is 824 g/mol. The first-order valence-electron chi connectivity index (χ1n) is 20.2. The summed E-state index contributed by atoms with van der Waals surface area (Å²) in [6.45, 7) is 0.856. The van der Waals surface area contributed by atoms with Crippen LogP contribution in [0.15, 0.2) is 89.9 Å². The van der Waals surface area contributed by atoms with Gasteiger partial charge in [0.15, 0.2) is 23.0 Å². The van der Waals surface area contributed by atoms with E-state index >= 15 is 0 Å². The number of benzene rings is 4. The van der Waals surface area contributed by atoms with Crippen molar-refractivity contribution in [1.82, 2.24) is 4.98 Å². The van der Waals surface area contributed by atoms with Crippen LogP contribution in [0.3, 0.4) is 0 Å². The Morgan fingerprint density at radius 1 is 0.767 bits per heavy atom. The number of thioether (sulfide) groups is 1. The fourth-order valence-electron chi connectivity index (χ4n) is 8.48. The zero-order valence-electron chi connectivity index (χ0n) is 33.5. The quantitative estimate of drug-likeness (QED) is 0.0816. The number of hydrogen-bond donors (Lipinski definition) is 1. The Hall–Kier alpha value is -6.34. The van der Waals surface area contributed by atoms with Crippen LogP contribution < -0.4 is 34.1 Å². The van der Waals surface area contributed by atoms with Gasteiger partial charge in [-0.25, -0.2) is 0 Å². The predicted molar refractivity (Wildman–Crippen MR) is 233 cm³/mol. The third kappa shape index (κ3) is 7.65. The molecule has 13 heteroatoms. The summed E-state index contributed by atoms with van der Waals surface area (Å²) in [6, 6.07) is 26.9. The van der Waals surface area contributed by atoms with Gasteiger partial charge in [0.25, 0.3) is 11.8 Å². The minimum absolute atomic E-state index is 0.00462. The average Bonchev–Trinajstić information content (AvgIpc) is 3.76. The summed E-state index contributed by atoms with van der Waals surface area (Å²) in [7, 11) is 3.12. The number of carbonyl (C=O) groups is 3. The zero-order chi connectivity index (χ0) is 41.2. The normalized spacial score (nSPS) is 17.0. The maximum Gasteiger partial charge on any atom is 0.261 e. The number of pyridine rings is 1. The smallest absolute Gasteiger partial charge is 0.261 e. The minimum Gasteiger partial charge on any atom is -0.493 e. The summed E-state index contributed by atoms with van der Waals surface area (Å²) in [5.74, 6) is 3.24. The molecule has 60 heavy (non-hydrogen) atoms. The molecule has 0 aliphatic carbocycles. The molecule has 2 unspecified atom stereocenters. The molecule has 0 saturated carbocycles. The third-order valence-corrected chi connectivity index (χ3v) is 12.5. The van der Waals surface area contributed by atoms with Crippen LogP contribution in [0.5, 0.6) is 23.0 Å². The largest absolute Gasteiger partial charge is 0.493 e. The number of ether oxygens (including phenoxy) is 4. The van der Waals surface area contributed by atoms with Crippen LogP contribution in [0, 0.1) is 0 Å². The first-order chi connectivity index (χ1) is 29.4. The van der Waals surface area contributed by atoms with Gasteiger partial charge in [-0.3, -0.25) is 24.5 Å². The molecule has 9 rings (SSSR count). The first-order valence-corrected chi connectivity index (χ1v) is 21.4. The summed E-state index contributed by atoms with van der Waals surface area (Å²) in [5.41, 5.74) is 8.72. The lowest BCUT2D eigenvalue weighted by Gasteiger charge is -2.22. The number of nitrogens with zero attached hydrogens (tertiary/aromatic N) is 4. The number of hydrogen-bond acceptors (Lipinski definition) is 11. The SMILES string of the molecule is COc1cc2c(cc1OCc1cc(CSCCCCC=O)cc(COc3cc4c(cc3OC)C(=O)N3c5ccccc5CC3CN4)n1)N=CC1Cc3ccccc3N1C2=O. The van der Waals surface area contributed by atoms with E-state index in [1.54, 1.807) is 44.2 Å². The molecule has 2 amide bonds. The van der Waals surface area contributed by atoms with Crippen molar-refractivity contribution in [1.29, 1.82) is 0 Å². The van der Waals surface area contributed by atoms with Crippen molar-refractivity contribution in [2.45, 2.75) is 63.2 Å². The van der Waals surface area contributed by atoms with Gasteiger partial charge in [0.05, 0.1) is 60.2 Å². The molecule has 1 N–H and O–H groups in total. The van der Waals surface area contributed by atoms with Gasteiger partial charge in [0, 0.05) is 54.9 Å². The Bertz CT molecular complexity index is 2510. The summed E-state index contributed by atoms with van der Waals surface area (Å²) < 4.78 is 24.3. The van der Waals surface area contributed by atoms with Crippen LogP contribution >= 0.6 is 11.8 Å². The molecule has 0 saturated heterocycles. The highest BCUT2D eigenvalue weighted by Gasteiger charge is 2.38. The number of amides is 2. The van der Waals surface area contributed by atoms with Crippen molar-refractivity contribution in [2.75, 3.05) is 41.6 Å². The van der Waals surface area contributed by atoms with E-state index in [1.165, 1.54) is 5.56 Å². The second kappa shape index (κ2) is 17.1. The van der Waals surface area contributed by atoms with Gasteiger partial charge in [-0.2, -0.15) is 11.8 Å². The van der Waals surface area contributed by atoms with Crippen molar-refractivity contribution < 1.29 is 33.3 Å². The summed E-state index contributed by atoms with van der Waals surface area (Å²) >= 11 is 1.79. The fraction of sp³-hybridized carbons (Fsp3) is 0.298. The van der Waals surface area contributed by atoms with E-state index < -0.39 is 0 Å². The maximum absolute atomic E-state index is 14.0. The van der Waals surface area contributed by atoms with E-state index in [1.807, 2.05) is 76.7 Å². The van der Waals surface area contributed by atoms with Gasteiger partial charge < -0.3 is 34.0 Å². The van der Waals surface area contributed by atoms with E-state index in [2.05, 4.69) is 11.4 Å². The number of anilines is 3. The van der Waals surface area contributed by atoms with Gasteiger partial charge in [0.2, 0.25) is 0 Å². The van der Waals surface area contributed by atoms with Gasteiger partial charge in [-0.1, -0.05) is 36.4 Å². The van der Waals surface area contributed by atoms with E-state index in [0.29, 0.717) is 76.3 Å². The lowest BCUT2D eigenvalue weighted by atomic mass is 10.1. The molecular weight excluding hydrogens is 779 g/mol. The fourth-order valence-corrected chi connectivity index (χ4v) is 9.43. The molecule has 0 bridgehead atoms. The highest BCUT2D eigenvalue weighted by molar-refractivity contribution is 7.98. The monoisotopic (exact) mass is 823 g/mol. The van der Waals surface area contributed by atoms with Crippen LogP contribution in [0.25, 0.3) is 0 Å². The van der Waals surface area contributed by atoms with Gasteiger partial charge >= 0.3 is 0 Å². The van der Waals surface area contributed by atoms with Crippen molar-refractivity contribution in [3.8, 4) is 23.0 Å². The number of carbonyl (C=O) groups excluding carboxylic acids is 3. The Morgan fingerprint density at radius 3 is 2.13 bits per heavy atom. The number of unbranched alkanes of at least 4 members (excludes halogenated alkanes) is 2. The number of methoxy groups -OCH3 is 2. The van der Waals surface area contributed by atoms with Gasteiger partial charge in [-0.15, -0.1) is 0 Å². The molecule has 306 valence electrons. The number of aldehydes is 1. The minimum atomic E-state index is -0.173. The molecule has 0 fully saturated rings. The standard InChI is InChI=1S/C47H45N5O7S/c1-56-42-20-36-38(48-24-34-18-30-10-4-6-12-40(30)51(34)46(36)54)22-44(42)58-26-32-16-29(28-60-15-9-3-8-14-53)17-33(50-32)27-59-45-23-39-37(21-43(45)57-2)47(55)52-35(25-49-39)19-31-11-5-7-13-41(31)52/h4-7,10-14,16-17,20-24,34-35,49H,3,8-9,15,18-19,25-28H2,1-2H3. The van der Waals surface area contributed by atoms with Gasteiger partial charge in [0.1, 0.15) is 19.5 Å². The highest BCUT2D eigenvalue weighted by atomic mass is 32.2. The van der Waals surface area contributed by atoms with E-state index in [4.69, 9.17) is 28.9 Å². The van der Waals surface area contributed by atoms with Crippen LogP contribution in [-0.2, 0) is 36.6 Å². The topological polar surface area (TPSA) is 132 Å². The van der Waals surface area contributed by atoms with Crippen molar-refractivity contribution in [3.63, 3.8) is 0 Å². The number of fused-ring (bicyclic) bond motifs is 8. The third-order valence-electron chi connectivity index (χ3n) is 11.4. The molecule has 0 radical (unpaired) electrons. The number of aromatic nitrogens is 1. The molecule has 4 aliphatic heterocycles. The van der Waals surface area contributed by atoms with Crippen molar-refractivity contribution in [3.05, 3.63) is 124 Å². The molecule has 4 aliphatic rings. The lowest BCUT2D eigenvalue weighted by molar-refractivity contribution is -0.107. The first kappa shape index (κ1) is 39.1. The van der Waals surface area contributed by atoms with Crippen molar-refractivity contribution in [2.24, 2.45) is 4.99 Å². The number of nitrogens with one attached hydrogen (secondary N) is 1. The molecule has 1 aromatic heterocycles. The second-order valence-corrected chi connectivity index (χ2v) is 16.3. The Balaban J connectivity index is 0.948. The molecule has 5 aromatic rings. The summed E-state index contributed by atoms with van der Waals surface area (Å²) in [5, 5.41) is 3.50. The summed E-state index contributed by atoms with van der Waals surface area (Å²) in [6.07, 6.45) is 6.68. The molecule has 5 heterocycles. The lowest BCUT2D eigenvalue weighted by Crippen LogP contribution is -2.39. The van der Waals surface area contributed by atoms with E-state index in [-0.39, 0.29) is 37.1 Å². The Labute approximate surface area is 352 Å².